The van der Waals surface area contributed by atoms with Crippen molar-refractivity contribution in [1.29, 1.82) is 0 Å². The van der Waals surface area contributed by atoms with E-state index in [2.05, 4.69) is 0 Å². The quantitative estimate of drug-likeness (QED) is 0.674. The first-order valence-electron chi connectivity index (χ1n) is 6.18. The molecule has 106 valence electrons. The number of hydrogen-bond donors (Lipinski definition) is 1. The molecule has 0 aromatic heterocycles. The second kappa shape index (κ2) is 6.05. The summed E-state index contributed by atoms with van der Waals surface area (Å²) in [5.41, 5.74) is 5.15. The molecule has 1 atom stereocenters. The fourth-order valence-electron chi connectivity index (χ4n) is 2.03. The van der Waals surface area contributed by atoms with Crippen LogP contribution in [0.1, 0.15) is 24.8 Å². The van der Waals surface area contributed by atoms with Crippen LogP contribution >= 0.6 is 11.8 Å². The molecule has 2 nitrogen and oxygen atoms in total. The van der Waals surface area contributed by atoms with E-state index in [1.54, 1.807) is 0 Å². The van der Waals surface area contributed by atoms with Gasteiger partial charge in [0.25, 0.3) is 0 Å². The second-order valence-electron chi connectivity index (χ2n) is 4.52. The lowest BCUT2D eigenvalue weighted by Gasteiger charge is -2.12. The standard InChI is InChI=1S/C13H16F3NOS/c14-13(15,16)9-3-4-12(11(17)8-9)19-7-5-10-2-1-6-18-10/h3-4,8,10H,1-2,5-7,17H2. The van der Waals surface area contributed by atoms with Gasteiger partial charge in [0.2, 0.25) is 0 Å². The summed E-state index contributed by atoms with van der Waals surface area (Å²) >= 11 is 1.48. The molecule has 1 aliphatic heterocycles. The minimum absolute atomic E-state index is 0.187. The number of anilines is 1. The Morgan fingerprint density at radius 2 is 2.16 bits per heavy atom. The van der Waals surface area contributed by atoms with Gasteiger partial charge >= 0.3 is 6.18 Å². The van der Waals surface area contributed by atoms with Gasteiger partial charge in [-0.05, 0) is 37.5 Å². The number of halogens is 3. The first-order valence-corrected chi connectivity index (χ1v) is 7.16. The smallest absolute Gasteiger partial charge is 0.398 e. The molecule has 0 aliphatic carbocycles. The van der Waals surface area contributed by atoms with Crippen LogP contribution in [0.2, 0.25) is 0 Å². The molecule has 1 aromatic carbocycles. The van der Waals surface area contributed by atoms with Gasteiger partial charge in [0.1, 0.15) is 0 Å². The number of rotatable bonds is 4. The maximum absolute atomic E-state index is 12.5. The Hall–Kier alpha value is -0.880. The molecule has 0 amide bonds. The van der Waals surface area contributed by atoms with Crippen molar-refractivity contribution in [2.24, 2.45) is 0 Å². The van der Waals surface area contributed by atoms with Crippen LogP contribution in [-0.2, 0) is 10.9 Å². The van der Waals surface area contributed by atoms with Gasteiger partial charge in [-0.1, -0.05) is 0 Å². The lowest BCUT2D eigenvalue weighted by molar-refractivity contribution is -0.137. The van der Waals surface area contributed by atoms with E-state index >= 15 is 0 Å². The van der Waals surface area contributed by atoms with E-state index in [0.717, 1.165) is 43.8 Å². The molecule has 0 bridgehead atoms. The summed E-state index contributed by atoms with van der Waals surface area (Å²) in [6, 6.07) is 3.51. The third-order valence-corrected chi connectivity index (χ3v) is 4.18. The zero-order chi connectivity index (χ0) is 13.9. The van der Waals surface area contributed by atoms with Crippen LogP contribution in [0.5, 0.6) is 0 Å². The van der Waals surface area contributed by atoms with Crippen LogP contribution < -0.4 is 5.73 Å². The third-order valence-electron chi connectivity index (χ3n) is 3.06. The Balaban J connectivity index is 1.90. The van der Waals surface area contributed by atoms with Crippen molar-refractivity contribution in [2.75, 3.05) is 18.1 Å². The van der Waals surface area contributed by atoms with Gasteiger partial charge in [-0.25, -0.2) is 0 Å². The Kier molecular flexibility index (Phi) is 4.62. The van der Waals surface area contributed by atoms with E-state index in [1.807, 2.05) is 0 Å². The van der Waals surface area contributed by atoms with Crippen molar-refractivity contribution in [3.8, 4) is 0 Å². The van der Waals surface area contributed by atoms with Crippen LogP contribution in [0.25, 0.3) is 0 Å². The largest absolute Gasteiger partial charge is 0.416 e. The first-order chi connectivity index (χ1) is 8.97. The molecule has 0 saturated carbocycles. The number of benzene rings is 1. The van der Waals surface area contributed by atoms with Crippen molar-refractivity contribution in [2.45, 2.75) is 36.4 Å². The van der Waals surface area contributed by atoms with Crippen molar-refractivity contribution >= 4 is 17.4 Å². The molecular formula is C13H16F3NOS. The summed E-state index contributed by atoms with van der Waals surface area (Å²) in [5, 5.41) is 0. The van der Waals surface area contributed by atoms with Crippen LogP contribution in [0.15, 0.2) is 23.1 Å². The van der Waals surface area contributed by atoms with E-state index in [1.165, 1.54) is 17.8 Å². The highest BCUT2D eigenvalue weighted by atomic mass is 32.2. The van der Waals surface area contributed by atoms with Crippen molar-refractivity contribution in [1.82, 2.24) is 0 Å². The van der Waals surface area contributed by atoms with Crippen LogP contribution in [-0.4, -0.2) is 18.5 Å². The van der Waals surface area contributed by atoms with Gasteiger partial charge in [-0.15, -0.1) is 11.8 Å². The van der Waals surface area contributed by atoms with E-state index in [-0.39, 0.29) is 5.69 Å². The molecule has 19 heavy (non-hydrogen) atoms. The first kappa shape index (κ1) is 14.5. The van der Waals surface area contributed by atoms with Gasteiger partial charge in [0.15, 0.2) is 0 Å². The maximum atomic E-state index is 12.5. The average Bonchev–Trinajstić information content (AvgIpc) is 2.83. The summed E-state index contributed by atoms with van der Waals surface area (Å²) in [7, 11) is 0. The van der Waals surface area contributed by atoms with E-state index in [9.17, 15) is 13.2 Å². The molecule has 1 heterocycles. The summed E-state index contributed by atoms with van der Waals surface area (Å²) in [6.45, 7) is 0.817. The monoisotopic (exact) mass is 291 g/mol. The number of hydrogen-bond acceptors (Lipinski definition) is 3. The molecule has 1 saturated heterocycles. The number of nitrogens with two attached hydrogens (primary N) is 1. The second-order valence-corrected chi connectivity index (χ2v) is 5.66. The molecular weight excluding hydrogens is 275 g/mol. The number of thioether (sulfide) groups is 1. The van der Waals surface area contributed by atoms with E-state index in [4.69, 9.17) is 10.5 Å². The highest BCUT2D eigenvalue weighted by molar-refractivity contribution is 7.99. The number of alkyl halides is 3. The van der Waals surface area contributed by atoms with Crippen LogP contribution in [0, 0.1) is 0 Å². The molecule has 1 aliphatic rings. The van der Waals surface area contributed by atoms with E-state index in [0.29, 0.717) is 11.0 Å². The Labute approximate surface area is 114 Å². The molecule has 1 fully saturated rings. The molecule has 0 radical (unpaired) electrons. The zero-order valence-corrected chi connectivity index (χ0v) is 11.2. The highest BCUT2D eigenvalue weighted by Crippen LogP contribution is 2.34. The topological polar surface area (TPSA) is 35.2 Å². The lowest BCUT2D eigenvalue weighted by Crippen LogP contribution is -2.07. The summed E-state index contributed by atoms with van der Waals surface area (Å²) in [5.74, 6) is 0.806. The number of ether oxygens (including phenoxy) is 1. The predicted molar refractivity (Wildman–Crippen MR) is 70.2 cm³/mol. The highest BCUT2D eigenvalue weighted by Gasteiger charge is 2.30. The fourth-order valence-corrected chi connectivity index (χ4v) is 3.02. The number of nitrogen functional groups attached to an aromatic ring is 1. The van der Waals surface area contributed by atoms with Gasteiger partial charge in [-0.3, -0.25) is 0 Å². The van der Waals surface area contributed by atoms with Gasteiger partial charge in [0, 0.05) is 22.9 Å². The van der Waals surface area contributed by atoms with Crippen molar-refractivity contribution in [3.05, 3.63) is 23.8 Å². The normalized spacial score (nSPS) is 19.8. The lowest BCUT2D eigenvalue weighted by atomic mass is 10.2. The van der Waals surface area contributed by atoms with E-state index < -0.39 is 11.7 Å². The van der Waals surface area contributed by atoms with Gasteiger partial charge in [0.05, 0.1) is 11.7 Å². The van der Waals surface area contributed by atoms with Crippen molar-refractivity contribution in [3.63, 3.8) is 0 Å². The Morgan fingerprint density at radius 3 is 2.74 bits per heavy atom. The van der Waals surface area contributed by atoms with Gasteiger partial charge < -0.3 is 10.5 Å². The minimum atomic E-state index is -4.34. The minimum Gasteiger partial charge on any atom is -0.398 e. The Morgan fingerprint density at radius 1 is 1.37 bits per heavy atom. The molecule has 2 N–H and O–H groups in total. The molecule has 1 aromatic rings. The van der Waals surface area contributed by atoms with Crippen molar-refractivity contribution < 1.29 is 17.9 Å². The molecule has 6 heteroatoms. The third kappa shape index (κ3) is 4.04. The Bertz CT molecular complexity index is 430. The zero-order valence-electron chi connectivity index (χ0n) is 10.4. The average molecular weight is 291 g/mol. The summed E-state index contributed by atoms with van der Waals surface area (Å²) in [6.07, 6.45) is -0.968. The predicted octanol–water partition coefficient (Wildman–Crippen LogP) is 3.95. The fraction of sp³-hybridized carbons (Fsp3) is 0.538. The molecule has 1 unspecified atom stereocenters. The van der Waals surface area contributed by atoms with Crippen LogP contribution in [0.4, 0.5) is 18.9 Å². The summed E-state index contributed by atoms with van der Waals surface area (Å²) < 4.78 is 42.9. The van der Waals surface area contributed by atoms with Crippen LogP contribution in [0.3, 0.4) is 0 Å². The molecule has 0 spiro atoms. The SMILES string of the molecule is Nc1cc(C(F)(F)F)ccc1SCCC1CCCO1. The summed E-state index contributed by atoms with van der Waals surface area (Å²) in [4.78, 5) is 0.700. The molecule has 2 rings (SSSR count). The van der Waals surface area contributed by atoms with Gasteiger partial charge in [-0.2, -0.15) is 13.2 Å². The maximum Gasteiger partial charge on any atom is 0.416 e.